The molecule has 0 saturated carbocycles. The number of rotatable bonds is 4. The van der Waals surface area contributed by atoms with E-state index in [1.165, 1.54) is 51.9 Å². The van der Waals surface area contributed by atoms with Gasteiger partial charge in [0.15, 0.2) is 5.89 Å². The monoisotopic (exact) mass is 505 g/mol. The maximum absolute atomic E-state index is 10.6. The van der Waals surface area contributed by atoms with E-state index in [0.29, 0.717) is 0 Å². The summed E-state index contributed by atoms with van der Waals surface area (Å²) >= 11 is 0. The van der Waals surface area contributed by atoms with E-state index in [0.717, 1.165) is 36.4 Å². The molecule has 196 valence electrons. The summed E-state index contributed by atoms with van der Waals surface area (Å²) in [6.45, 7) is 10.1. The highest BCUT2D eigenvalue weighted by Crippen LogP contribution is 2.23. The molecule has 2 aliphatic heterocycles. The van der Waals surface area contributed by atoms with E-state index < -0.39 is 24.3 Å². The van der Waals surface area contributed by atoms with Gasteiger partial charge < -0.3 is 19.5 Å². The second-order valence-corrected chi connectivity index (χ2v) is 7.83. The minimum absolute atomic E-state index is 0.829. The predicted molar refractivity (Wildman–Crippen MR) is 107 cm³/mol. The molecule has 0 spiro atoms. The first-order valence-electron chi connectivity index (χ1n) is 10.7. The summed E-state index contributed by atoms with van der Waals surface area (Å²) in [5.74, 6) is -3.56. The Bertz CT molecular complexity index is 759. The highest BCUT2D eigenvalue weighted by molar-refractivity contribution is 5.73. The fourth-order valence-electron chi connectivity index (χ4n) is 3.54. The Labute approximate surface area is 192 Å². The Balaban J connectivity index is 0.000000343. The average molecular weight is 505 g/mol. The van der Waals surface area contributed by atoms with Crippen LogP contribution in [0, 0.1) is 6.92 Å². The Kier molecular flexibility index (Phi) is 11.3. The molecule has 2 N–H and O–H groups in total. The molecule has 1 aromatic heterocycles. The lowest BCUT2D eigenvalue weighted by molar-refractivity contribution is -0.193. The van der Waals surface area contributed by atoms with Gasteiger partial charge in [-0.25, -0.2) is 14.6 Å². The maximum atomic E-state index is 10.6. The molecular formula is C20H29F6N3O5. The minimum atomic E-state index is -5.08. The molecule has 14 heteroatoms. The van der Waals surface area contributed by atoms with E-state index in [1.54, 1.807) is 0 Å². The van der Waals surface area contributed by atoms with E-state index in [-0.39, 0.29) is 0 Å². The normalized spacial score (nSPS) is 18.0. The van der Waals surface area contributed by atoms with Crippen molar-refractivity contribution in [1.82, 2.24) is 14.8 Å². The standard InChI is InChI=1S/C16H27N3O.2C2HF3O2/c1-3-16-17-13(2)15(20-16)12-18-10-6-14(7-11-18)19-8-4-5-9-19;2*3-2(4,5)1(6)7/h14H,3-12H2,1-2H3;2*(H,6,7). The van der Waals surface area contributed by atoms with Crippen LogP contribution in [0.5, 0.6) is 0 Å². The second-order valence-electron chi connectivity index (χ2n) is 7.83. The number of halogens is 6. The van der Waals surface area contributed by atoms with Gasteiger partial charge in [-0.2, -0.15) is 26.3 Å². The maximum Gasteiger partial charge on any atom is 0.490 e. The van der Waals surface area contributed by atoms with Crippen molar-refractivity contribution in [3.63, 3.8) is 0 Å². The summed E-state index contributed by atoms with van der Waals surface area (Å²) in [5.41, 5.74) is 1.07. The third-order valence-electron chi connectivity index (χ3n) is 5.31. The van der Waals surface area contributed by atoms with Gasteiger partial charge in [-0.15, -0.1) is 0 Å². The number of aliphatic carboxylic acids is 2. The van der Waals surface area contributed by atoms with Crippen LogP contribution in [0.15, 0.2) is 4.42 Å². The summed E-state index contributed by atoms with van der Waals surface area (Å²) in [6, 6.07) is 0.829. The first-order valence-corrected chi connectivity index (χ1v) is 10.7. The van der Waals surface area contributed by atoms with Crippen LogP contribution in [0.25, 0.3) is 0 Å². The molecule has 8 nitrogen and oxygen atoms in total. The molecule has 2 saturated heterocycles. The molecule has 3 rings (SSSR count). The number of piperidine rings is 1. The van der Waals surface area contributed by atoms with Gasteiger partial charge in [0.25, 0.3) is 0 Å². The number of carboxylic acids is 2. The van der Waals surface area contributed by atoms with E-state index >= 15 is 0 Å². The highest BCUT2D eigenvalue weighted by Gasteiger charge is 2.38. The zero-order valence-corrected chi connectivity index (χ0v) is 18.9. The number of aromatic nitrogens is 1. The van der Waals surface area contributed by atoms with Crippen molar-refractivity contribution >= 4 is 11.9 Å². The van der Waals surface area contributed by atoms with E-state index in [4.69, 9.17) is 24.2 Å². The number of hydrogen-bond acceptors (Lipinski definition) is 6. The molecule has 0 atom stereocenters. The molecule has 0 aliphatic carbocycles. The van der Waals surface area contributed by atoms with Gasteiger partial charge in [-0.3, -0.25) is 4.90 Å². The van der Waals surface area contributed by atoms with Crippen molar-refractivity contribution in [2.75, 3.05) is 26.2 Å². The molecule has 0 bridgehead atoms. The fourth-order valence-corrected chi connectivity index (χ4v) is 3.54. The van der Waals surface area contributed by atoms with Crippen LogP contribution >= 0.6 is 0 Å². The Morgan fingerprint density at radius 2 is 1.41 bits per heavy atom. The summed E-state index contributed by atoms with van der Waals surface area (Å²) in [7, 11) is 0. The molecular weight excluding hydrogens is 476 g/mol. The first kappa shape index (κ1) is 29.7. The Hall–Kier alpha value is -2.35. The quantitative estimate of drug-likeness (QED) is 0.594. The fraction of sp³-hybridized carbons (Fsp3) is 0.750. The van der Waals surface area contributed by atoms with Crippen molar-refractivity contribution < 1.29 is 50.6 Å². The van der Waals surface area contributed by atoms with Crippen LogP contribution in [-0.4, -0.2) is 81.5 Å². The molecule has 1 aromatic rings. The van der Waals surface area contributed by atoms with Gasteiger partial charge in [-0.05, 0) is 45.7 Å². The van der Waals surface area contributed by atoms with Crippen molar-refractivity contribution in [2.45, 2.75) is 70.9 Å². The van der Waals surface area contributed by atoms with E-state index in [2.05, 4.69) is 28.6 Å². The lowest BCUT2D eigenvalue weighted by Crippen LogP contribution is -2.43. The van der Waals surface area contributed by atoms with Crippen molar-refractivity contribution in [3.8, 4) is 0 Å². The van der Waals surface area contributed by atoms with Crippen molar-refractivity contribution in [2.24, 2.45) is 0 Å². The van der Waals surface area contributed by atoms with Crippen LogP contribution < -0.4 is 0 Å². The molecule has 0 amide bonds. The van der Waals surface area contributed by atoms with Gasteiger partial charge in [0, 0.05) is 25.6 Å². The second kappa shape index (κ2) is 12.9. The minimum Gasteiger partial charge on any atom is -0.475 e. The number of carboxylic acid groups (broad SMARTS) is 2. The lowest BCUT2D eigenvalue weighted by atomic mass is 10.0. The average Bonchev–Trinajstić information content (AvgIpc) is 3.38. The molecule has 2 aliphatic rings. The third-order valence-corrected chi connectivity index (χ3v) is 5.31. The first-order chi connectivity index (χ1) is 15.6. The number of carbonyl (C=O) groups is 2. The zero-order chi connectivity index (χ0) is 26.1. The Morgan fingerprint density at radius 3 is 1.76 bits per heavy atom. The van der Waals surface area contributed by atoms with Gasteiger partial charge >= 0.3 is 24.3 Å². The van der Waals surface area contributed by atoms with Crippen LogP contribution in [0.3, 0.4) is 0 Å². The topological polar surface area (TPSA) is 107 Å². The van der Waals surface area contributed by atoms with Crippen LogP contribution in [0.1, 0.15) is 50.0 Å². The molecule has 3 heterocycles. The molecule has 2 fully saturated rings. The Morgan fingerprint density at radius 1 is 0.971 bits per heavy atom. The number of nitrogens with zero attached hydrogens (tertiary/aromatic N) is 3. The largest absolute Gasteiger partial charge is 0.490 e. The number of alkyl halides is 6. The summed E-state index contributed by atoms with van der Waals surface area (Å²) in [4.78, 5) is 27.5. The highest BCUT2D eigenvalue weighted by atomic mass is 19.4. The molecule has 0 unspecified atom stereocenters. The van der Waals surface area contributed by atoms with Crippen LogP contribution in [0.4, 0.5) is 26.3 Å². The number of likely N-dealkylation sites (tertiary alicyclic amines) is 2. The zero-order valence-electron chi connectivity index (χ0n) is 18.9. The molecule has 34 heavy (non-hydrogen) atoms. The number of aryl methyl sites for hydroxylation is 2. The van der Waals surface area contributed by atoms with Crippen LogP contribution in [-0.2, 0) is 22.6 Å². The van der Waals surface area contributed by atoms with Crippen molar-refractivity contribution in [3.05, 3.63) is 17.3 Å². The van der Waals surface area contributed by atoms with Crippen molar-refractivity contribution in [1.29, 1.82) is 0 Å². The number of hydrogen-bond donors (Lipinski definition) is 2. The molecule has 0 aromatic carbocycles. The van der Waals surface area contributed by atoms with Gasteiger partial charge in [0.05, 0.1) is 12.2 Å². The van der Waals surface area contributed by atoms with Gasteiger partial charge in [-0.1, -0.05) is 6.92 Å². The summed E-state index contributed by atoms with van der Waals surface area (Å²) in [6.07, 6.45) is -3.85. The predicted octanol–water partition coefficient (Wildman–Crippen LogP) is 3.87. The smallest absolute Gasteiger partial charge is 0.475 e. The molecule has 0 radical (unpaired) electrons. The SMILES string of the molecule is CCc1nc(C)c(CN2CCC(N3CCCC3)CC2)o1.O=C(O)C(F)(F)F.O=C(O)C(F)(F)F. The van der Waals surface area contributed by atoms with E-state index in [1.807, 2.05) is 0 Å². The summed E-state index contributed by atoms with van der Waals surface area (Å²) in [5, 5.41) is 14.2. The van der Waals surface area contributed by atoms with E-state index in [9.17, 15) is 26.3 Å². The number of oxazole rings is 1. The van der Waals surface area contributed by atoms with Crippen LogP contribution in [0.2, 0.25) is 0 Å². The summed E-state index contributed by atoms with van der Waals surface area (Å²) < 4.78 is 69.3. The van der Waals surface area contributed by atoms with Gasteiger partial charge in [0.2, 0.25) is 0 Å². The van der Waals surface area contributed by atoms with Gasteiger partial charge in [0.1, 0.15) is 5.76 Å². The lowest BCUT2D eigenvalue weighted by Gasteiger charge is -2.36. The third kappa shape index (κ3) is 10.3.